The van der Waals surface area contributed by atoms with Gasteiger partial charge in [0.1, 0.15) is 11.9 Å². The predicted octanol–water partition coefficient (Wildman–Crippen LogP) is 2.44. The number of aryl methyl sites for hydroxylation is 1. The van der Waals surface area contributed by atoms with Crippen molar-refractivity contribution in [2.45, 2.75) is 6.92 Å². The third-order valence-electron chi connectivity index (χ3n) is 4.25. The van der Waals surface area contributed by atoms with E-state index >= 15 is 0 Å². The standard InChI is InChI=1S/C17H17FN4O2/c1-11-7-13(18)8-14-15(11)20-10-12(9-19)16(14)21-3-5-22(6-4-21)17(23)24-2/h7-8,10H,3-6H2,1-2H3. The quantitative estimate of drug-likeness (QED) is 0.804. The first-order valence-corrected chi connectivity index (χ1v) is 7.62. The number of ether oxygens (including phenoxy) is 1. The molecular weight excluding hydrogens is 311 g/mol. The fourth-order valence-corrected chi connectivity index (χ4v) is 3.09. The Bertz CT molecular complexity index is 839. The predicted molar refractivity (Wildman–Crippen MR) is 87.3 cm³/mol. The van der Waals surface area contributed by atoms with E-state index < -0.39 is 0 Å². The van der Waals surface area contributed by atoms with E-state index in [4.69, 9.17) is 4.74 Å². The van der Waals surface area contributed by atoms with Crippen molar-refractivity contribution in [1.29, 1.82) is 5.26 Å². The summed E-state index contributed by atoms with van der Waals surface area (Å²) in [6, 6.07) is 4.98. The fourth-order valence-electron chi connectivity index (χ4n) is 3.09. The van der Waals surface area contributed by atoms with Crippen molar-refractivity contribution in [2.75, 3.05) is 38.2 Å². The lowest BCUT2D eigenvalue weighted by Crippen LogP contribution is -2.49. The van der Waals surface area contributed by atoms with Crippen LogP contribution in [0.1, 0.15) is 11.1 Å². The number of nitriles is 1. The number of pyridine rings is 1. The summed E-state index contributed by atoms with van der Waals surface area (Å²) in [5, 5.41) is 10.1. The number of halogens is 1. The lowest BCUT2D eigenvalue weighted by atomic mass is 10.0. The number of hydrogen-bond donors (Lipinski definition) is 0. The Morgan fingerprint density at radius 2 is 2.04 bits per heavy atom. The number of methoxy groups -OCH3 is 1. The third-order valence-corrected chi connectivity index (χ3v) is 4.25. The van der Waals surface area contributed by atoms with Gasteiger partial charge in [0.15, 0.2) is 0 Å². The lowest BCUT2D eigenvalue weighted by Gasteiger charge is -2.36. The largest absolute Gasteiger partial charge is 0.453 e. The number of benzene rings is 1. The minimum Gasteiger partial charge on any atom is -0.453 e. The van der Waals surface area contributed by atoms with E-state index in [0.717, 1.165) is 5.56 Å². The summed E-state index contributed by atoms with van der Waals surface area (Å²) >= 11 is 0. The summed E-state index contributed by atoms with van der Waals surface area (Å²) in [6.45, 7) is 3.84. The number of piperazine rings is 1. The molecule has 7 heteroatoms. The number of hydrogen-bond acceptors (Lipinski definition) is 5. The molecule has 0 radical (unpaired) electrons. The Morgan fingerprint density at radius 1 is 1.33 bits per heavy atom. The summed E-state index contributed by atoms with van der Waals surface area (Å²) in [5.74, 6) is -0.355. The van der Waals surface area contributed by atoms with Crippen LogP contribution in [0.4, 0.5) is 14.9 Å². The highest BCUT2D eigenvalue weighted by atomic mass is 19.1. The van der Waals surface area contributed by atoms with Crippen molar-refractivity contribution in [3.8, 4) is 6.07 Å². The molecule has 1 fully saturated rings. The van der Waals surface area contributed by atoms with E-state index in [0.29, 0.717) is 48.3 Å². The Balaban J connectivity index is 2.03. The van der Waals surface area contributed by atoms with Crippen LogP contribution < -0.4 is 4.90 Å². The maximum Gasteiger partial charge on any atom is 0.409 e. The Hall–Kier alpha value is -2.88. The highest BCUT2D eigenvalue weighted by Crippen LogP contribution is 2.32. The van der Waals surface area contributed by atoms with Gasteiger partial charge in [-0.3, -0.25) is 4.98 Å². The van der Waals surface area contributed by atoms with Gasteiger partial charge in [0.25, 0.3) is 0 Å². The Labute approximate surface area is 139 Å². The van der Waals surface area contributed by atoms with Crippen LogP contribution in [0.5, 0.6) is 0 Å². The molecule has 1 saturated heterocycles. The molecule has 6 nitrogen and oxygen atoms in total. The molecule has 0 spiro atoms. The highest BCUT2D eigenvalue weighted by molar-refractivity contribution is 5.96. The molecule has 0 bridgehead atoms. The average Bonchev–Trinajstić information content (AvgIpc) is 2.60. The third kappa shape index (κ3) is 2.71. The zero-order valence-electron chi connectivity index (χ0n) is 13.5. The van der Waals surface area contributed by atoms with E-state index in [1.54, 1.807) is 11.8 Å². The number of nitrogens with zero attached hydrogens (tertiary/aromatic N) is 4. The van der Waals surface area contributed by atoms with Crippen molar-refractivity contribution in [3.05, 3.63) is 35.3 Å². The summed E-state index contributed by atoms with van der Waals surface area (Å²) < 4.78 is 18.6. The second-order valence-corrected chi connectivity index (χ2v) is 5.70. The number of carbonyl (C=O) groups excluding carboxylic acids is 1. The molecule has 1 aromatic heterocycles. The maximum absolute atomic E-state index is 13.9. The molecule has 0 aliphatic carbocycles. The van der Waals surface area contributed by atoms with E-state index in [9.17, 15) is 14.4 Å². The summed E-state index contributed by atoms with van der Waals surface area (Å²) in [4.78, 5) is 19.5. The Morgan fingerprint density at radius 3 is 2.67 bits per heavy atom. The van der Waals surface area contributed by atoms with Gasteiger partial charge in [-0.2, -0.15) is 5.26 Å². The van der Waals surface area contributed by atoms with Gasteiger partial charge in [-0.05, 0) is 24.6 Å². The number of anilines is 1. The van der Waals surface area contributed by atoms with Crippen molar-refractivity contribution in [3.63, 3.8) is 0 Å². The molecule has 1 aliphatic heterocycles. The van der Waals surface area contributed by atoms with Crippen LogP contribution in [-0.4, -0.2) is 49.3 Å². The van der Waals surface area contributed by atoms with Gasteiger partial charge >= 0.3 is 6.09 Å². The number of amides is 1. The van der Waals surface area contributed by atoms with Crippen LogP contribution in [0.15, 0.2) is 18.3 Å². The second-order valence-electron chi connectivity index (χ2n) is 5.70. The molecule has 24 heavy (non-hydrogen) atoms. The first-order valence-electron chi connectivity index (χ1n) is 7.62. The molecule has 1 amide bonds. The number of rotatable bonds is 1. The molecule has 0 unspecified atom stereocenters. The number of fused-ring (bicyclic) bond motifs is 1. The van der Waals surface area contributed by atoms with Gasteiger partial charge in [0, 0.05) is 37.8 Å². The van der Waals surface area contributed by atoms with Gasteiger partial charge in [0.05, 0.1) is 23.9 Å². The van der Waals surface area contributed by atoms with E-state index in [2.05, 4.69) is 11.1 Å². The van der Waals surface area contributed by atoms with Crippen molar-refractivity contribution >= 4 is 22.7 Å². The lowest BCUT2D eigenvalue weighted by molar-refractivity contribution is 0.121. The van der Waals surface area contributed by atoms with Crippen molar-refractivity contribution < 1.29 is 13.9 Å². The van der Waals surface area contributed by atoms with Crippen LogP contribution in [0.25, 0.3) is 10.9 Å². The van der Waals surface area contributed by atoms with Crippen LogP contribution >= 0.6 is 0 Å². The van der Waals surface area contributed by atoms with E-state index in [1.165, 1.54) is 25.4 Å². The van der Waals surface area contributed by atoms with Crippen molar-refractivity contribution in [1.82, 2.24) is 9.88 Å². The molecule has 0 atom stereocenters. The first kappa shape index (κ1) is 16.0. The maximum atomic E-state index is 13.9. The van der Waals surface area contributed by atoms with Gasteiger partial charge < -0.3 is 14.5 Å². The minimum absolute atomic E-state index is 0.355. The summed E-state index contributed by atoms with van der Waals surface area (Å²) in [6.07, 6.45) is 1.16. The van der Waals surface area contributed by atoms with Gasteiger partial charge in [-0.25, -0.2) is 9.18 Å². The molecule has 2 aromatic rings. The SMILES string of the molecule is COC(=O)N1CCN(c2c(C#N)cnc3c(C)cc(F)cc23)CC1. The molecule has 124 valence electrons. The van der Waals surface area contributed by atoms with Crippen LogP contribution in [0, 0.1) is 24.1 Å². The zero-order valence-corrected chi connectivity index (χ0v) is 13.5. The fraction of sp³-hybridized carbons (Fsp3) is 0.353. The minimum atomic E-state index is -0.364. The molecule has 0 saturated carbocycles. The average molecular weight is 328 g/mol. The zero-order chi connectivity index (χ0) is 17.3. The van der Waals surface area contributed by atoms with Gasteiger partial charge in [-0.1, -0.05) is 0 Å². The molecule has 2 heterocycles. The monoisotopic (exact) mass is 328 g/mol. The number of carbonyl (C=O) groups is 1. The molecule has 3 rings (SSSR count). The second kappa shape index (κ2) is 6.32. The van der Waals surface area contributed by atoms with Crippen LogP contribution in [-0.2, 0) is 4.74 Å². The summed E-state index contributed by atoms with van der Waals surface area (Å²) in [5.41, 5.74) is 2.48. The topological polar surface area (TPSA) is 69.5 Å². The normalized spacial score (nSPS) is 14.6. The first-order chi connectivity index (χ1) is 11.5. The number of aromatic nitrogens is 1. The van der Waals surface area contributed by atoms with Gasteiger partial charge in [0.2, 0.25) is 0 Å². The molecule has 1 aromatic carbocycles. The van der Waals surface area contributed by atoms with Gasteiger partial charge in [-0.15, -0.1) is 0 Å². The molecule has 0 N–H and O–H groups in total. The van der Waals surface area contributed by atoms with Crippen molar-refractivity contribution in [2.24, 2.45) is 0 Å². The van der Waals surface area contributed by atoms with Crippen LogP contribution in [0.3, 0.4) is 0 Å². The summed E-state index contributed by atoms with van der Waals surface area (Å²) in [7, 11) is 1.35. The van der Waals surface area contributed by atoms with E-state index in [1.807, 2.05) is 4.90 Å². The molecule has 1 aliphatic rings. The van der Waals surface area contributed by atoms with Crippen LogP contribution in [0.2, 0.25) is 0 Å². The highest BCUT2D eigenvalue weighted by Gasteiger charge is 2.25. The molecular formula is C17H17FN4O2. The smallest absolute Gasteiger partial charge is 0.409 e. The Kier molecular flexibility index (Phi) is 4.21. The van der Waals surface area contributed by atoms with E-state index in [-0.39, 0.29) is 11.9 Å².